The predicted molar refractivity (Wildman–Crippen MR) is 64.0 cm³/mol. The van der Waals surface area contributed by atoms with E-state index in [1.807, 2.05) is 0 Å². The normalized spacial score (nSPS) is 21.1. The Kier molecular flexibility index (Phi) is 3.09. The molecule has 2 rings (SSSR count). The number of hydrogen-bond acceptors (Lipinski definition) is 3. The van der Waals surface area contributed by atoms with Gasteiger partial charge in [0.25, 0.3) is 0 Å². The van der Waals surface area contributed by atoms with Gasteiger partial charge in [-0.1, -0.05) is 23.2 Å². The standard InChI is InChI=1S/C9H8Cl2N2OS/c10-5-1-7(11)9(12-3-5)13-4-6(15)2-8(13)14/h1,3,6,15H,2,4H2. The fraction of sp³-hybridized carbons (Fsp3) is 0.333. The van der Waals surface area contributed by atoms with Crippen LogP contribution in [0.25, 0.3) is 0 Å². The predicted octanol–water partition coefficient (Wildman–Crippen LogP) is 2.42. The first-order valence-electron chi connectivity index (χ1n) is 4.37. The molecule has 1 amide bonds. The zero-order chi connectivity index (χ0) is 11.0. The van der Waals surface area contributed by atoms with Gasteiger partial charge in [0.15, 0.2) is 5.82 Å². The molecule has 1 atom stereocenters. The van der Waals surface area contributed by atoms with E-state index in [1.165, 1.54) is 11.1 Å². The number of rotatable bonds is 1. The van der Waals surface area contributed by atoms with Gasteiger partial charge in [0, 0.05) is 24.4 Å². The molecule has 80 valence electrons. The van der Waals surface area contributed by atoms with Crippen molar-refractivity contribution in [3.05, 3.63) is 22.3 Å². The fourth-order valence-corrected chi connectivity index (χ4v) is 2.30. The molecular weight excluding hydrogens is 255 g/mol. The molecular formula is C9H8Cl2N2OS. The Bertz CT molecular complexity index is 413. The number of aromatic nitrogens is 1. The van der Waals surface area contributed by atoms with Gasteiger partial charge in [-0.3, -0.25) is 9.69 Å². The van der Waals surface area contributed by atoms with E-state index < -0.39 is 0 Å². The zero-order valence-electron chi connectivity index (χ0n) is 7.65. The highest BCUT2D eigenvalue weighted by atomic mass is 35.5. The summed E-state index contributed by atoms with van der Waals surface area (Å²) in [7, 11) is 0. The maximum atomic E-state index is 11.6. The second kappa shape index (κ2) is 4.20. The van der Waals surface area contributed by atoms with Crippen LogP contribution < -0.4 is 4.90 Å². The van der Waals surface area contributed by atoms with Gasteiger partial charge in [-0.15, -0.1) is 0 Å². The van der Waals surface area contributed by atoms with Gasteiger partial charge in [-0.2, -0.15) is 12.6 Å². The SMILES string of the molecule is O=C1CC(S)CN1c1ncc(Cl)cc1Cl. The van der Waals surface area contributed by atoms with Crippen LogP contribution in [-0.2, 0) is 4.79 Å². The smallest absolute Gasteiger partial charge is 0.229 e. The quantitative estimate of drug-likeness (QED) is 0.789. The number of carbonyl (C=O) groups excluding carboxylic acids is 1. The minimum atomic E-state index is -0.00766. The van der Waals surface area contributed by atoms with Crippen molar-refractivity contribution < 1.29 is 4.79 Å². The van der Waals surface area contributed by atoms with E-state index in [4.69, 9.17) is 23.2 Å². The maximum Gasteiger partial charge on any atom is 0.229 e. The monoisotopic (exact) mass is 262 g/mol. The van der Waals surface area contributed by atoms with Crippen LogP contribution in [0.4, 0.5) is 5.82 Å². The van der Waals surface area contributed by atoms with Gasteiger partial charge < -0.3 is 0 Å². The zero-order valence-corrected chi connectivity index (χ0v) is 10.1. The van der Waals surface area contributed by atoms with Crippen molar-refractivity contribution in [1.29, 1.82) is 0 Å². The molecule has 0 aliphatic carbocycles. The summed E-state index contributed by atoms with van der Waals surface area (Å²) < 4.78 is 0. The molecule has 6 heteroatoms. The van der Waals surface area contributed by atoms with Crippen molar-refractivity contribution in [2.24, 2.45) is 0 Å². The van der Waals surface area contributed by atoms with E-state index in [-0.39, 0.29) is 11.2 Å². The maximum absolute atomic E-state index is 11.6. The first kappa shape index (κ1) is 11.0. The van der Waals surface area contributed by atoms with Gasteiger partial charge in [-0.05, 0) is 6.07 Å². The number of thiol groups is 1. The lowest BCUT2D eigenvalue weighted by molar-refractivity contribution is -0.117. The summed E-state index contributed by atoms with van der Waals surface area (Å²) >= 11 is 15.9. The Labute approximate surface area is 103 Å². The van der Waals surface area contributed by atoms with Crippen LogP contribution in [0.2, 0.25) is 10.0 Å². The Hall–Kier alpha value is -0.450. The molecule has 0 aromatic carbocycles. The molecule has 1 aromatic rings. The first-order chi connectivity index (χ1) is 7.08. The molecule has 0 bridgehead atoms. The minimum Gasteiger partial charge on any atom is -0.294 e. The lowest BCUT2D eigenvalue weighted by atomic mass is 10.4. The van der Waals surface area contributed by atoms with E-state index in [2.05, 4.69) is 17.6 Å². The Morgan fingerprint density at radius 2 is 2.27 bits per heavy atom. The topological polar surface area (TPSA) is 33.2 Å². The van der Waals surface area contributed by atoms with Gasteiger partial charge in [0.1, 0.15) is 0 Å². The van der Waals surface area contributed by atoms with Crippen LogP contribution in [0.1, 0.15) is 6.42 Å². The van der Waals surface area contributed by atoms with Crippen molar-refractivity contribution in [2.45, 2.75) is 11.7 Å². The van der Waals surface area contributed by atoms with Crippen molar-refractivity contribution >= 4 is 47.6 Å². The van der Waals surface area contributed by atoms with E-state index >= 15 is 0 Å². The third-order valence-electron chi connectivity index (χ3n) is 2.15. The molecule has 1 fully saturated rings. The molecule has 1 unspecified atom stereocenters. The van der Waals surface area contributed by atoms with Crippen molar-refractivity contribution in [3.63, 3.8) is 0 Å². The van der Waals surface area contributed by atoms with Crippen LogP contribution >= 0.6 is 35.8 Å². The molecule has 2 heterocycles. The van der Waals surface area contributed by atoms with Gasteiger partial charge >= 0.3 is 0 Å². The average Bonchev–Trinajstić information content (AvgIpc) is 2.45. The molecule has 1 saturated heterocycles. The highest BCUT2D eigenvalue weighted by Crippen LogP contribution is 2.30. The van der Waals surface area contributed by atoms with Crippen LogP contribution in [0.15, 0.2) is 12.3 Å². The highest BCUT2D eigenvalue weighted by molar-refractivity contribution is 7.81. The number of carbonyl (C=O) groups is 1. The number of halogens is 2. The van der Waals surface area contributed by atoms with Crippen LogP contribution in [0.3, 0.4) is 0 Å². The second-order valence-electron chi connectivity index (χ2n) is 3.32. The number of hydrogen-bond donors (Lipinski definition) is 1. The molecule has 3 nitrogen and oxygen atoms in total. The van der Waals surface area contributed by atoms with Gasteiger partial charge in [-0.25, -0.2) is 4.98 Å². The summed E-state index contributed by atoms with van der Waals surface area (Å²) in [6, 6.07) is 1.57. The fourth-order valence-electron chi connectivity index (χ4n) is 1.50. The summed E-state index contributed by atoms with van der Waals surface area (Å²) in [5, 5.41) is 0.891. The molecule has 1 aromatic heterocycles. The van der Waals surface area contributed by atoms with E-state index in [0.29, 0.717) is 28.8 Å². The Morgan fingerprint density at radius 1 is 1.53 bits per heavy atom. The lowest BCUT2D eigenvalue weighted by Gasteiger charge is -2.15. The molecule has 0 N–H and O–H groups in total. The second-order valence-corrected chi connectivity index (χ2v) is 4.90. The number of anilines is 1. The molecule has 0 spiro atoms. The molecule has 0 saturated carbocycles. The minimum absolute atomic E-state index is 0.00766. The molecule has 1 aliphatic rings. The summed E-state index contributed by atoms with van der Waals surface area (Å²) in [5.74, 6) is 0.453. The summed E-state index contributed by atoms with van der Waals surface area (Å²) in [4.78, 5) is 17.2. The molecule has 15 heavy (non-hydrogen) atoms. The van der Waals surface area contributed by atoms with Crippen LogP contribution in [0.5, 0.6) is 0 Å². The highest BCUT2D eigenvalue weighted by Gasteiger charge is 2.30. The average molecular weight is 263 g/mol. The summed E-state index contributed by atoms with van der Waals surface area (Å²) in [5.41, 5.74) is 0. The third kappa shape index (κ3) is 2.22. The largest absolute Gasteiger partial charge is 0.294 e. The number of nitrogens with zero attached hydrogens (tertiary/aromatic N) is 2. The van der Waals surface area contributed by atoms with E-state index in [9.17, 15) is 4.79 Å². The van der Waals surface area contributed by atoms with Crippen molar-refractivity contribution in [3.8, 4) is 0 Å². The molecule has 0 radical (unpaired) electrons. The Balaban J connectivity index is 2.34. The number of amides is 1. The van der Waals surface area contributed by atoms with E-state index in [1.54, 1.807) is 6.07 Å². The van der Waals surface area contributed by atoms with Crippen molar-refractivity contribution in [2.75, 3.05) is 11.4 Å². The summed E-state index contributed by atoms with van der Waals surface area (Å²) in [6.45, 7) is 0.538. The lowest BCUT2D eigenvalue weighted by Crippen LogP contribution is -2.25. The third-order valence-corrected chi connectivity index (χ3v) is 2.98. The van der Waals surface area contributed by atoms with Crippen LogP contribution in [0, 0.1) is 0 Å². The van der Waals surface area contributed by atoms with Crippen LogP contribution in [-0.4, -0.2) is 22.7 Å². The van der Waals surface area contributed by atoms with Gasteiger partial charge in [0.05, 0.1) is 10.0 Å². The Morgan fingerprint density at radius 3 is 2.80 bits per heavy atom. The van der Waals surface area contributed by atoms with E-state index in [0.717, 1.165) is 0 Å². The first-order valence-corrected chi connectivity index (χ1v) is 5.64. The molecule has 1 aliphatic heterocycles. The number of pyridine rings is 1. The van der Waals surface area contributed by atoms with Crippen molar-refractivity contribution in [1.82, 2.24) is 4.98 Å². The van der Waals surface area contributed by atoms with Gasteiger partial charge in [0.2, 0.25) is 5.91 Å². The summed E-state index contributed by atoms with van der Waals surface area (Å²) in [6.07, 6.45) is 1.89.